The number of Topliss-reactive ketones (excluding diaryl/α,β-unsaturated/α-hetero) is 1. The number of benzene rings is 3. The van der Waals surface area contributed by atoms with E-state index in [1.165, 1.54) is 15.9 Å². The molecular formula is C24H22OP+. The molecule has 0 radical (unpaired) electrons. The number of rotatable bonds is 4. The standard InChI is InChI=1S/C24H22OP/c25-23-18-10-11-19-24(23)26(20-12-4-1-5-13-20,21-14-6-2-7-15-21)22-16-8-3-9-17-22/h1-9,12-17,19H,10-11,18H2/q+1. The lowest BCUT2D eigenvalue weighted by Gasteiger charge is -2.30. The molecule has 1 nitrogen and oxygen atoms in total. The molecule has 0 saturated carbocycles. The second-order valence-corrected chi connectivity index (χ2v) is 9.95. The minimum atomic E-state index is -2.17. The van der Waals surface area contributed by atoms with Crippen LogP contribution in [0.4, 0.5) is 0 Å². The van der Waals surface area contributed by atoms with Crippen LogP contribution in [0.2, 0.25) is 0 Å². The first-order valence-electron chi connectivity index (χ1n) is 9.13. The first-order valence-corrected chi connectivity index (χ1v) is 10.9. The van der Waals surface area contributed by atoms with Crippen LogP contribution in [0.1, 0.15) is 19.3 Å². The first-order chi connectivity index (χ1) is 12.8. The highest BCUT2D eigenvalue weighted by atomic mass is 31.2. The van der Waals surface area contributed by atoms with E-state index in [-0.39, 0.29) is 0 Å². The predicted molar refractivity (Wildman–Crippen MR) is 112 cm³/mol. The minimum absolute atomic E-state index is 0.307. The van der Waals surface area contributed by atoms with Crippen LogP contribution in [0.5, 0.6) is 0 Å². The summed E-state index contributed by atoms with van der Waals surface area (Å²) in [6.45, 7) is 0. The molecule has 4 rings (SSSR count). The molecule has 0 amide bonds. The zero-order chi connectivity index (χ0) is 17.8. The van der Waals surface area contributed by atoms with Crippen molar-refractivity contribution in [2.75, 3.05) is 0 Å². The van der Waals surface area contributed by atoms with Gasteiger partial charge in [0.25, 0.3) is 0 Å². The third-order valence-corrected chi connectivity index (χ3v) is 9.40. The van der Waals surface area contributed by atoms with Gasteiger partial charge < -0.3 is 0 Å². The smallest absolute Gasteiger partial charge is 0.198 e. The fourth-order valence-electron chi connectivity index (χ4n) is 3.89. The second kappa shape index (κ2) is 7.40. The van der Waals surface area contributed by atoms with Crippen molar-refractivity contribution < 1.29 is 4.79 Å². The topological polar surface area (TPSA) is 17.1 Å². The van der Waals surface area contributed by atoms with Crippen molar-refractivity contribution in [1.29, 1.82) is 0 Å². The maximum Gasteiger partial charge on any atom is 0.198 e. The molecule has 0 atom stereocenters. The zero-order valence-corrected chi connectivity index (χ0v) is 15.6. The Morgan fingerprint density at radius 1 is 0.615 bits per heavy atom. The van der Waals surface area contributed by atoms with Gasteiger partial charge in [-0.05, 0) is 55.3 Å². The lowest BCUT2D eigenvalue weighted by Crippen LogP contribution is -2.35. The Kier molecular flexibility index (Phi) is 4.82. The molecule has 2 heteroatoms. The summed E-state index contributed by atoms with van der Waals surface area (Å²) in [6.07, 6.45) is 4.81. The molecule has 26 heavy (non-hydrogen) atoms. The summed E-state index contributed by atoms with van der Waals surface area (Å²) in [5.74, 6) is 0.307. The SMILES string of the molecule is O=C1CCCC=C1[P+](c1ccccc1)(c1ccccc1)c1ccccc1. The van der Waals surface area contributed by atoms with Crippen LogP contribution in [0, 0.1) is 0 Å². The van der Waals surface area contributed by atoms with Gasteiger partial charge in [-0.3, -0.25) is 4.79 Å². The van der Waals surface area contributed by atoms with E-state index in [9.17, 15) is 4.79 Å². The van der Waals surface area contributed by atoms with Gasteiger partial charge in [0.2, 0.25) is 0 Å². The van der Waals surface area contributed by atoms with Gasteiger partial charge in [0.1, 0.15) is 28.5 Å². The zero-order valence-electron chi connectivity index (χ0n) is 14.7. The molecule has 0 aromatic heterocycles. The van der Waals surface area contributed by atoms with E-state index in [0.717, 1.165) is 18.2 Å². The van der Waals surface area contributed by atoms with Crippen LogP contribution in [0.25, 0.3) is 0 Å². The van der Waals surface area contributed by atoms with Crippen LogP contribution in [-0.2, 0) is 4.79 Å². The molecule has 1 aliphatic carbocycles. The van der Waals surface area contributed by atoms with Gasteiger partial charge in [0.05, 0.1) is 0 Å². The Balaban J connectivity index is 2.11. The lowest BCUT2D eigenvalue weighted by atomic mass is 10.1. The molecule has 3 aromatic carbocycles. The molecule has 1 aliphatic rings. The molecule has 0 saturated heterocycles. The maximum atomic E-state index is 13.1. The lowest BCUT2D eigenvalue weighted by molar-refractivity contribution is -0.115. The monoisotopic (exact) mass is 357 g/mol. The van der Waals surface area contributed by atoms with Crippen molar-refractivity contribution in [2.45, 2.75) is 19.3 Å². The third kappa shape index (κ3) is 2.83. The van der Waals surface area contributed by atoms with Crippen LogP contribution in [0.3, 0.4) is 0 Å². The number of hydrogen-bond acceptors (Lipinski definition) is 1. The second-order valence-electron chi connectivity index (χ2n) is 6.58. The van der Waals surface area contributed by atoms with Gasteiger partial charge >= 0.3 is 0 Å². The third-order valence-electron chi connectivity index (χ3n) is 5.02. The minimum Gasteiger partial charge on any atom is -0.290 e. The summed E-state index contributed by atoms with van der Waals surface area (Å²) >= 11 is 0. The van der Waals surface area contributed by atoms with Crippen LogP contribution < -0.4 is 15.9 Å². The van der Waals surface area contributed by atoms with Crippen molar-refractivity contribution in [3.05, 3.63) is 102 Å². The van der Waals surface area contributed by atoms with Gasteiger partial charge in [-0.15, -0.1) is 0 Å². The Labute approximate surface area is 155 Å². The quantitative estimate of drug-likeness (QED) is 0.623. The number of ketones is 1. The molecule has 0 unspecified atom stereocenters. The summed E-state index contributed by atoms with van der Waals surface area (Å²) in [4.78, 5) is 13.1. The predicted octanol–water partition coefficient (Wildman–Crippen LogP) is 4.62. The van der Waals surface area contributed by atoms with E-state index in [2.05, 4.69) is 78.9 Å². The van der Waals surface area contributed by atoms with Crippen molar-refractivity contribution >= 4 is 29.0 Å². The number of allylic oxidation sites excluding steroid dienone is 2. The summed E-state index contributed by atoms with van der Waals surface area (Å²) in [5.41, 5.74) is 0. The Bertz CT molecular complexity index is 818. The summed E-state index contributed by atoms with van der Waals surface area (Å²) in [6, 6.07) is 31.8. The van der Waals surface area contributed by atoms with E-state index in [0.29, 0.717) is 12.2 Å². The molecule has 0 spiro atoms. The molecule has 3 aromatic rings. The van der Waals surface area contributed by atoms with Crippen LogP contribution in [-0.4, -0.2) is 5.78 Å². The van der Waals surface area contributed by atoms with E-state index >= 15 is 0 Å². The first kappa shape index (κ1) is 16.9. The summed E-state index contributed by atoms with van der Waals surface area (Å²) in [5, 5.41) is 4.77. The Morgan fingerprint density at radius 3 is 1.42 bits per heavy atom. The molecule has 0 fully saturated rings. The van der Waals surface area contributed by atoms with Crippen molar-refractivity contribution in [1.82, 2.24) is 0 Å². The average Bonchev–Trinajstić information content (AvgIpc) is 2.72. The van der Waals surface area contributed by atoms with Crippen molar-refractivity contribution in [3.63, 3.8) is 0 Å². The molecule has 128 valence electrons. The Morgan fingerprint density at radius 2 is 1.04 bits per heavy atom. The molecule has 0 N–H and O–H groups in total. The highest BCUT2D eigenvalue weighted by Crippen LogP contribution is 2.63. The fraction of sp³-hybridized carbons (Fsp3) is 0.125. The van der Waals surface area contributed by atoms with Gasteiger partial charge in [-0.1, -0.05) is 54.6 Å². The van der Waals surface area contributed by atoms with E-state index in [1.807, 2.05) is 18.2 Å². The fourth-order valence-corrected chi connectivity index (χ4v) is 8.36. The van der Waals surface area contributed by atoms with Gasteiger partial charge in [0, 0.05) is 6.42 Å². The average molecular weight is 357 g/mol. The van der Waals surface area contributed by atoms with Gasteiger partial charge in [0.15, 0.2) is 5.78 Å². The molecular weight excluding hydrogens is 335 g/mol. The number of carbonyl (C=O) groups excluding carboxylic acids is 1. The summed E-state index contributed by atoms with van der Waals surface area (Å²) < 4.78 is 0. The van der Waals surface area contributed by atoms with Gasteiger partial charge in [-0.25, -0.2) is 0 Å². The number of hydrogen-bond donors (Lipinski definition) is 0. The summed E-state index contributed by atoms with van der Waals surface area (Å²) in [7, 11) is -2.17. The molecule has 0 heterocycles. The van der Waals surface area contributed by atoms with Crippen LogP contribution in [0.15, 0.2) is 102 Å². The highest BCUT2D eigenvalue weighted by molar-refractivity contribution is 7.99. The molecule has 0 aliphatic heterocycles. The normalized spacial score (nSPS) is 14.8. The van der Waals surface area contributed by atoms with Crippen molar-refractivity contribution in [3.8, 4) is 0 Å². The van der Waals surface area contributed by atoms with E-state index in [1.54, 1.807) is 0 Å². The maximum absolute atomic E-state index is 13.1. The largest absolute Gasteiger partial charge is 0.290 e. The number of carbonyl (C=O) groups is 1. The van der Waals surface area contributed by atoms with Crippen molar-refractivity contribution in [2.24, 2.45) is 0 Å². The highest BCUT2D eigenvalue weighted by Gasteiger charge is 2.52. The van der Waals surface area contributed by atoms with E-state index < -0.39 is 7.26 Å². The molecule has 0 bridgehead atoms. The van der Waals surface area contributed by atoms with Crippen LogP contribution >= 0.6 is 7.26 Å². The Hall–Kier alpha value is -2.50. The van der Waals surface area contributed by atoms with E-state index in [4.69, 9.17) is 0 Å². The van der Waals surface area contributed by atoms with Gasteiger partial charge in [-0.2, -0.15) is 0 Å².